The summed E-state index contributed by atoms with van der Waals surface area (Å²) < 4.78 is 11.5. The van der Waals surface area contributed by atoms with Crippen molar-refractivity contribution < 1.29 is 14.3 Å². The van der Waals surface area contributed by atoms with Crippen molar-refractivity contribution in [3.63, 3.8) is 0 Å². The van der Waals surface area contributed by atoms with Crippen molar-refractivity contribution in [2.75, 3.05) is 0 Å². The average molecular weight is 453 g/mol. The second-order valence-corrected chi connectivity index (χ2v) is 8.25. The Bertz CT molecular complexity index is 1220. The van der Waals surface area contributed by atoms with Crippen LogP contribution in [0.5, 0.6) is 5.75 Å². The first-order chi connectivity index (χ1) is 14.9. The number of cyclic esters (lactones) is 1. The summed E-state index contributed by atoms with van der Waals surface area (Å²) in [7, 11) is 0. The van der Waals surface area contributed by atoms with Gasteiger partial charge in [0, 0.05) is 18.0 Å². The molecule has 0 saturated carbocycles. The maximum atomic E-state index is 12.5. The smallest absolute Gasteiger partial charge is 0.323 e. The molecule has 2 aromatic carbocycles. The molecule has 4 rings (SSSR count). The molecule has 1 aliphatic heterocycles. The van der Waals surface area contributed by atoms with Crippen molar-refractivity contribution in [3.05, 3.63) is 93.1 Å². The maximum absolute atomic E-state index is 12.5. The van der Waals surface area contributed by atoms with Gasteiger partial charge < -0.3 is 9.47 Å². The summed E-state index contributed by atoms with van der Waals surface area (Å²) in [4.78, 5) is 21.2. The number of hydrogen-bond acceptors (Lipinski definition) is 5. The molecule has 3 aromatic rings. The lowest BCUT2D eigenvalue weighted by Crippen LogP contribution is -2.37. The lowest BCUT2D eigenvalue weighted by atomic mass is 9.85. The van der Waals surface area contributed by atoms with E-state index in [4.69, 9.17) is 32.7 Å². The highest BCUT2D eigenvalue weighted by Gasteiger charge is 2.42. The number of halogens is 2. The number of hydrogen-bond donors (Lipinski definition) is 0. The van der Waals surface area contributed by atoms with Crippen LogP contribution in [0.25, 0.3) is 11.8 Å². The van der Waals surface area contributed by atoms with Gasteiger partial charge in [0.25, 0.3) is 0 Å². The van der Waals surface area contributed by atoms with Crippen molar-refractivity contribution >= 4 is 41.0 Å². The number of fused-ring (bicyclic) bond motifs is 1. The van der Waals surface area contributed by atoms with Crippen LogP contribution < -0.4 is 4.74 Å². The lowest BCUT2D eigenvalue weighted by molar-refractivity contribution is -0.143. The van der Waals surface area contributed by atoms with Gasteiger partial charge in [-0.25, -0.2) is 4.98 Å². The molecular weight excluding hydrogens is 435 g/mol. The van der Waals surface area contributed by atoms with Gasteiger partial charge in [-0.2, -0.15) is 0 Å². The maximum Gasteiger partial charge on any atom is 0.323 e. The summed E-state index contributed by atoms with van der Waals surface area (Å²) in [6.45, 7) is 3.80. The van der Waals surface area contributed by atoms with E-state index in [0.717, 1.165) is 5.56 Å². The van der Waals surface area contributed by atoms with Crippen LogP contribution in [0.1, 0.15) is 36.4 Å². The Labute approximate surface area is 190 Å². The summed E-state index contributed by atoms with van der Waals surface area (Å²) in [5.74, 6) is 0.138. The fourth-order valence-electron chi connectivity index (χ4n) is 3.12. The predicted molar refractivity (Wildman–Crippen MR) is 120 cm³/mol. The lowest BCUT2D eigenvalue weighted by Gasteiger charge is -2.28. The standard InChI is InChI=1S/C24H18Cl2N2O3/c1-24(2)22-20(27-12-13-28-22)19(31-23(24)29)11-8-16-17(25)9-10-18(26)21(16)30-14-15-6-4-3-5-7-15/h3-10,12-13H,14H2,1-2H3. The van der Waals surface area contributed by atoms with Crippen LogP contribution in [-0.2, 0) is 21.6 Å². The zero-order valence-corrected chi connectivity index (χ0v) is 18.4. The normalized spacial score (nSPS) is 14.3. The monoisotopic (exact) mass is 452 g/mol. The van der Waals surface area contributed by atoms with E-state index in [1.165, 1.54) is 6.20 Å². The third kappa shape index (κ3) is 4.21. The van der Waals surface area contributed by atoms with Crippen LogP contribution in [0.3, 0.4) is 0 Å². The summed E-state index contributed by atoms with van der Waals surface area (Å²) in [5.41, 5.74) is 4.56. The molecule has 0 radical (unpaired) electrons. The van der Waals surface area contributed by atoms with Crippen molar-refractivity contribution in [2.45, 2.75) is 25.9 Å². The Hall–Kier alpha value is -3.11. The molecule has 0 aliphatic carbocycles. The Morgan fingerprint density at radius 1 is 1.06 bits per heavy atom. The topological polar surface area (TPSA) is 61.3 Å². The highest BCUT2D eigenvalue weighted by Crippen LogP contribution is 2.37. The van der Waals surface area contributed by atoms with Gasteiger partial charge in [-0.3, -0.25) is 9.78 Å². The van der Waals surface area contributed by atoms with Gasteiger partial charge in [0.15, 0.2) is 0 Å². The molecule has 0 bridgehead atoms. The van der Waals surface area contributed by atoms with Crippen molar-refractivity contribution in [2.24, 2.45) is 0 Å². The molecule has 2 heterocycles. The molecule has 7 heteroatoms. The number of carbonyl (C=O) groups is 1. The molecule has 1 aromatic heterocycles. The van der Waals surface area contributed by atoms with Crippen LogP contribution in [0.15, 0.2) is 60.6 Å². The third-order valence-electron chi connectivity index (χ3n) is 4.88. The van der Waals surface area contributed by atoms with Gasteiger partial charge in [-0.05, 0) is 37.6 Å². The fraction of sp³-hybridized carbons (Fsp3) is 0.167. The summed E-state index contributed by atoms with van der Waals surface area (Å²) in [6, 6.07) is 13.0. The molecule has 0 N–H and O–H groups in total. The Morgan fingerprint density at radius 2 is 1.77 bits per heavy atom. The minimum absolute atomic E-state index is 0.164. The van der Waals surface area contributed by atoms with Crippen LogP contribution in [-0.4, -0.2) is 15.9 Å². The van der Waals surface area contributed by atoms with E-state index >= 15 is 0 Å². The van der Waals surface area contributed by atoms with E-state index < -0.39 is 11.4 Å². The Kier molecular flexibility index (Phi) is 5.84. The molecule has 0 spiro atoms. The van der Waals surface area contributed by atoms with Crippen molar-refractivity contribution in [1.82, 2.24) is 9.97 Å². The van der Waals surface area contributed by atoms with Gasteiger partial charge in [-0.1, -0.05) is 59.3 Å². The number of rotatable bonds is 4. The number of aromatic nitrogens is 2. The van der Waals surface area contributed by atoms with E-state index in [2.05, 4.69) is 15.7 Å². The van der Waals surface area contributed by atoms with Crippen LogP contribution in [0.4, 0.5) is 0 Å². The van der Waals surface area contributed by atoms with Gasteiger partial charge in [0.05, 0.1) is 15.7 Å². The summed E-state index contributed by atoms with van der Waals surface area (Å²) >= 11 is 12.8. The minimum Gasteiger partial charge on any atom is -0.487 e. The first-order valence-electron chi connectivity index (χ1n) is 9.53. The number of nitrogens with zero attached hydrogens (tertiary/aromatic N) is 2. The Morgan fingerprint density at radius 3 is 2.55 bits per heavy atom. The summed E-state index contributed by atoms with van der Waals surface area (Å²) in [5, 5.41) is 0.822. The zero-order chi connectivity index (χ0) is 22.0. The van der Waals surface area contributed by atoms with E-state index in [1.807, 2.05) is 30.3 Å². The molecular formula is C24H18Cl2N2O3. The molecule has 1 aliphatic rings. The van der Waals surface area contributed by atoms with Crippen molar-refractivity contribution in [1.29, 1.82) is 0 Å². The molecule has 31 heavy (non-hydrogen) atoms. The van der Waals surface area contributed by atoms with Gasteiger partial charge in [0.1, 0.15) is 23.5 Å². The van der Waals surface area contributed by atoms with E-state index in [9.17, 15) is 4.79 Å². The quantitative estimate of drug-likeness (QED) is 0.366. The fourth-order valence-corrected chi connectivity index (χ4v) is 3.54. The number of benzene rings is 2. The van der Waals surface area contributed by atoms with E-state index in [1.54, 1.807) is 38.3 Å². The zero-order valence-electron chi connectivity index (χ0n) is 16.9. The number of ether oxygens (including phenoxy) is 2. The van der Waals surface area contributed by atoms with Crippen LogP contribution >= 0.6 is 23.2 Å². The Balaban J connectivity index is 1.76. The molecule has 0 amide bonds. The van der Waals surface area contributed by atoms with Crippen LogP contribution in [0.2, 0.25) is 10.0 Å². The highest BCUT2D eigenvalue weighted by atomic mass is 35.5. The predicted octanol–water partition coefficient (Wildman–Crippen LogP) is 5.85. The molecule has 156 valence electrons. The third-order valence-corrected chi connectivity index (χ3v) is 5.51. The van der Waals surface area contributed by atoms with Gasteiger partial charge >= 0.3 is 5.97 Å². The van der Waals surface area contributed by atoms with E-state index in [-0.39, 0.29) is 5.76 Å². The number of carbonyl (C=O) groups excluding carboxylic acids is 1. The highest BCUT2D eigenvalue weighted by molar-refractivity contribution is 6.35. The average Bonchev–Trinajstić information content (AvgIpc) is 2.77. The molecule has 0 saturated heterocycles. The largest absolute Gasteiger partial charge is 0.487 e. The molecule has 0 atom stereocenters. The van der Waals surface area contributed by atoms with Crippen molar-refractivity contribution in [3.8, 4) is 5.75 Å². The molecule has 0 unspecified atom stereocenters. The van der Waals surface area contributed by atoms with E-state index in [0.29, 0.717) is 39.4 Å². The second kappa shape index (κ2) is 8.56. The van der Waals surface area contributed by atoms with Gasteiger partial charge in [0.2, 0.25) is 5.76 Å². The molecule has 0 fully saturated rings. The second-order valence-electron chi connectivity index (χ2n) is 7.43. The van der Waals surface area contributed by atoms with Crippen LogP contribution in [0, 0.1) is 0 Å². The number of esters is 1. The minimum atomic E-state index is -0.910. The first kappa shape index (κ1) is 21.1. The summed E-state index contributed by atoms with van der Waals surface area (Å²) in [6.07, 6.45) is 4.66. The first-order valence-corrected chi connectivity index (χ1v) is 10.3. The SMILES string of the molecule is CC1(C)C(=O)OC(=C=Cc2c(Cl)ccc(Cl)c2OCc2ccccc2)c2nccnc21. The van der Waals surface area contributed by atoms with Gasteiger partial charge in [-0.15, -0.1) is 0 Å². The molecule has 5 nitrogen and oxygen atoms in total.